The molecular formula is C24H36N6O2S. The van der Waals surface area contributed by atoms with E-state index in [-0.39, 0.29) is 12.5 Å². The number of piperidine rings is 1. The van der Waals surface area contributed by atoms with Crippen molar-refractivity contribution in [1.82, 2.24) is 14.5 Å². The highest BCUT2D eigenvalue weighted by Crippen LogP contribution is 2.35. The fourth-order valence-corrected chi connectivity index (χ4v) is 7.20. The molecule has 4 N–H and O–H groups in total. The molecule has 1 aromatic carbocycles. The maximum absolute atomic E-state index is 13.8. The second-order valence-electron chi connectivity index (χ2n) is 9.42. The van der Waals surface area contributed by atoms with E-state index in [1.807, 2.05) is 7.05 Å². The molecule has 8 nitrogen and oxygen atoms in total. The van der Waals surface area contributed by atoms with E-state index in [1.54, 1.807) is 13.2 Å². The van der Waals surface area contributed by atoms with E-state index in [1.165, 1.54) is 26.6 Å². The summed E-state index contributed by atoms with van der Waals surface area (Å²) >= 11 is 0. The van der Waals surface area contributed by atoms with Crippen molar-refractivity contribution >= 4 is 22.2 Å². The summed E-state index contributed by atoms with van der Waals surface area (Å²) in [6.45, 7) is 1.60. The molecule has 1 aliphatic heterocycles. The van der Waals surface area contributed by atoms with Gasteiger partial charge in [0.1, 0.15) is 0 Å². The number of carbonyl (C=O) groups excluding carboxylic acids is 1. The van der Waals surface area contributed by atoms with E-state index >= 15 is 0 Å². The van der Waals surface area contributed by atoms with Crippen molar-refractivity contribution in [2.24, 2.45) is 9.50 Å². The van der Waals surface area contributed by atoms with Crippen LogP contribution in [-0.4, -0.2) is 58.8 Å². The molecule has 9 heteroatoms. The van der Waals surface area contributed by atoms with Gasteiger partial charge in [0.15, 0.2) is 0 Å². The molecule has 2 aliphatic carbocycles. The van der Waals surface area contributed by atoms with Gasteiger partial charge in [-0.2, -0.15) is 0 Å². The smallest absolute Gasteiger partial charge is 0.260 e. The predicted molar refractivity (Wildman–Crippen MR) is 132 cm³/mol. The Morgan fingerprint density at radius 1 is 1.27 bits per heavy atom. The summed E-state index contributed by atoms with van der Waals surface area (Å²) in [7, 11) is 0.168. The number of likely N-dealkylation sites (tertiary alicyclic amines) is 1. The molecule has 3 aliphatic rings. The number of benzene rings is 1. The Balaban J connectivity index is 1.68. The number of fused-ring (bicyclic) bond motifs is 2. The van der Waals surface area contributed by atoms with Crippen molar-refractivity contribution in [2.75, 3.05) is 27.2 Å². The third-order valence-electron chi connectivity index (χ3n) is 7.07. The first-order valence-corrected chi connectivity index (χ1v) is 13.5. The van der Waals surface area contributed by atoms with Crippen molar-refractivity contribution in [3.63, 3.8) is 0 Å². The van der Waals surface area contributed by atoms with Crippen LogP contribution in [0, 0.1) is 5.41 Å². The molecule has 1 saturated heterocycles. The van der Waals surface area contributed by atoms with Crippen LogP contribution in [0.15, 0.2) is 22.3 Å². The lowest BCUT2D eigenvalue weighted by Crippen LogP contribution is -2.51. The highest BCUT2D eigenvalue weighted by Gasteiger charge is 2.32. The number of hydrogen-bond acceptors (Lipinski definition) is 5. The average Bonchev–Trinajstić information content (AvgIpc) is 3.42. The molecule has 2 unspecified atom stereocenters. The standard InChI is InChI=1S/C24H36N6O2S/c1-27-15-20(14-25)30(19-8-5-11-29(2)16-19)33(26,32)28-24(31)13-23-21-9-3-6-17(21)12-18-7-4-10-22(18)23/h12,14-15,19,25,27H,3-11,13,16H2,1-2H3,(H2,26,28,31,32)/b20-15+,25-14?. The number of hydrogen-bond donors (Lipinski definition) is 3. The summed E-state index contributed by atoms with van der Waals surface area (Å²) in [6.07, 6.45) is 10.9. The van der Waals surface area contributed by atoms with Crippen LogP contribution < -0.4 is 10.5 Å². The van der Waals surface area contributed by atoms with Crippen molar-refractivity contribution in [1.29, 1.82) is 5.41 Å². The number of carbonyl (C=O) groups is 1. The summed E-state index contributed by atoms with van der Waals surface area (Å²) in [5.41, 5.74) is 6.78. The maximum Gasteiger partial charge on any atom is 0.260 e. The van der Waals surface area contributed by atoms with Crippen molar-refractivity contribution in [2.45, 2.75) is 63.8 Å². The van der Waals surface area contributed by atoms with Gasteiger partial charge >= 0.3 is 0 Å². The lowest BCUT2D eigenvalue weighted by molar-refractivity contribution is -0.117. The molecule has 180 valence electrons. The van der Waals surface area contributed by atoms with Crippen molar-refractivity contribution in [3.8, 4) is 0 Å². The van der Waals surface area contributed by atoms with Gasteiger partial charge in [-0.3, -0.25) is 9.10 Å². The summed E-state index contributed by atoms with van der Waals surface area (Å²) in [4.78, 5) is 15.3. The van der Waals surface area contributed by atoms with Crippen LogP contribution in [0.3, 0.4) is 0 Å². The van der Waals surface area contributed by atoms with E-state index in [0.717, 1.165) is 69.7 Å². The lowest BCUT2D eigenvalue weighted by Gasteiger charge is -2.39. The van der Waals surface area contributed by atoms with Crippen molar-refractivity contribution < 1.29 is 9.00 Å². The Labute approximate surface area is 197 Å². The van der Waals surface area contributed by atoms with Gasteiger partial charge in [-0.05, 0) is 92.8 Å². The topological polar surface area (TPSA) is 115 Å². The van der Waals surface area contributed by atoms with E-state index in [2.05, 4.69) is 20.6 Å². The molecular weight excluding hydrogens is 436 g/mol. The first-order valence-electron chi connectivity index (χ1n) is 11.9. The number of aryl methyl sites for hydroxylation is 2. The molecule has 33 heavy (non-hydrogen) atoms. The zero-order valence-electron chi connectivity index (χ0n) is 19.7. The van der Waals surface area contributed by atoms with Crippen LogP contribution in [0.25, 0.3) is 0 Å². The summed E-state index contributed by atoms with van der Waals surface area (Å²) < 4.78 is 19.4. The highest BCUT2D eigenvalue weighted by atomic mass is 32.2. The van der Waals surface area contributed by atoms with Gasteiger partial charge in [0.2, 0.25) is 10.1 Å². The summed E-state index contributed by atoms with van der Waals surface area (Å²) in [5.74, 6) is -0.445. The fraction of sp³-hybridized carbons (Fsp3) is 0.583. The second kappa shape index (κ2) is 9.95. The maximum atomic E-state index is 13.8. The number of nitrogens with one attached hydrogen (secondary N) is 2. The SMILES string of the molecule is CN/C=C(\C=N)N(C1CCCN(C)C1)S(N)(=O)=NC(=O)Cc1c2c(cc3c1CCC3)CCC2. The third kappa shape index (κ3) is 5.00. The van der Waals surface area contributed by atoms with E-state index in [4.69, 9.17) is 10.5 Å². The molecule has 4 rings (SSSR count). The lowest BCUT2D eigenvalue weighted by atomic mass is 9.92. The quantitative estimate of drug-likeness (QED) is 0.527. The number of nitrogens with two attached hydrogens (primary N) is 1. The van der Waals surface area contributed by atoms with Crippen LogP contribution >= 0.6 is 0 Å². The molecule has 0 bridgehead atoms. The Hall–Kier alpha value is -2.23. The normalized spacial score (nSPS) is 22.3. The molecule has 0 saturated carbocycles. The molecule has 0 radical (unpaired) electrons. The van der Waals surface area contributed by atoms with Crippen LogP contribution in [0.1, 0.15) is 53.5 Å². The Morgan fingerprint density at radius 2 is 1.94 bits per heavy atom. The van der Waals surface area contributed by atoms with Crippen LogP contribution in [0.5, 0.6) is 0 Å². The number of likely N-dealkylation sites (N-methyl/N-ethyl adjacent to an activating group) is 1. The number of nitrogens with zero attached hydrogens (tertiary/aromatic N) is 3. The monoisotopic (exact) mass is 472 g/mol. The van der Waals surface area contributed by atoms with Crippen LogP contribution in [0.2, 0.25) is 0 Å². The minimum absolute atomic E-state index is 0.147. The first kappa shape index (κ1) is 23.9. The van der Waals surface area contributed by atoms with Gasteiger partial charge in [0.05, 0.1) is 18.2 Å². The largest absolute Gasteiger partial charge is 0.392 e. The fourth-order valence-electron chi connectivity index (χ4n) is 5.74. The van der Waals surface area contributed by atoms with Gasteiger partial charge in [-0.25, -0.2) is 9.35 Å². The minimum Gasteiger partial charge on any atom is -0.392 e. The molecule has 0 aromatic heterocycles. The van der Waals surface area contributed by atoms with Gasteiger partial charge in [0.25, 0.3) is 5.91 Å². The van der Waals surface area contributed by atoms with E-state index < -0.39 is 16.0 Å². The summed E-state index contributed by atoms with van der Waals surface area (Å²) in [6, 6.07) is 2.14. The summed E-state index contributed by atoms with van der Waals surface area (Å²) in [5, 5.41) is 17.1. The number of amides is 1. The Kier molecular flexibility index (Phi) is 7.21. The highest BCUT2D eigenvalue weighted by molar-refractivity contribution is 7.89. The van der Waals surface area contributed by atoms with Gasteiger partial charge in [0, 0.05) is 26.0 Å². The molecule has 1 heterocycles. The molecule has 1 fully saturated rings. The Morgan fingerprint density at radius 3 is 2.52 bits per heavy atom. The number of allylic oxidation sites excluding steroid dienone is 1. The molecule has 0 spiro atoms. The van der Waals surface area contributed by atoms with Crippen LogP contribution in [-0.2, 0) is 47.0 Å². The molecule has 2 atom stereocenters. The zero-order chi connectivity index (χ0) is 23.6. The zero-order valence-corrected chi connectivity index (χ0v) is 20.5. The number of rotatable bonds is 7. The van der Waals surface area contributed by atoms with E-state index in [0.29, 0.717) is 12.2 Å². The van der Waals surface area contributed by atoms with Gasteiger partial charge in [-0.1, -0.05) is 6.07 Å². The third-order valence-corrected chi connectivity index (χ3v) is 8.60. The Bertz CT molecular complexity index is 1060. The minimum atomic E-state index is -3.55. The average molecular weight is 473 g/mol. The molecule has 1 aromatic rings. The van der Waals surface area contributed by atoms with Gasteiger partial charge < -0.3 is 15.6 Å². The van der Waals surface area contributed by atoms with Gasteiger partial charge in [-0.15, -0.1) is 4.36 Å². The predicted octanol–water partition coefficient (Wildman–Crippen LogP) is 2.10. The molecule has 1 amide bonds. The first-order chi connectivity index (χ1) is 15.8. The van der Waals surface area contributed by atoms with E-state index in [9.17, 15) is 9.00 Å². The van der Waals surface area contributed by atoms with Crippen molar-refractivity contribution in [3.05, 3.63) is 45.8 Å². The second-order valence-corrected chi connectivity index (χ2v) is 11.1. The van der Waals surface area contributed by atoms with Crippen LogP contribution in [0.4, 0.5) is 0 Å².